The highest BCUT2D eigenvalue weighted by Gasteiger charge is 2.22. The van der Waals surface area contributed by atoms with Crippen LogP contribution in [0.1, 0.15) is 11.1 Å². The van der Waals surface area contributed by atoms with Gasteiger partial charge in [-0.1, -0.05) is 12.1 Å². The fourth-order valence-corrected chi connectivity index (χ4v) is 5.39. The molecule has 0 aliphatic carbocycles. The lowest BCUT2D eigenvalue weighted by Crippen LogP contribution is -2.04. The largest absolute Gasteiger partial charge is 0.218 e. The molecule has 0 bridgehead atoms. The molecule has 0 unspecified atom stereocenters. The lowest BCUT2D eigenvalue weighted by Gasteiger charge is -2.10. The third kappa shape index (κ3) is 2.93. The fraction of sp³-hybridized carbons (Fsp3) is 0.143. The molecule has 0 spiro atoms. The molecule has 2 aromatic carbocycles. The minimum atomic E-state index is -3.53. The average molecular weight is 404 g/mol. The summed E-state index contributed by atoms with van der Waals surface area (Å²) in [7, 11) is -3.53. The van der Waals surface area contributed by atoms with E-state index in [1.807, 2.05) is 13.8 Å². The Morgan fingerprint density at radius 3 is 1.47 bits per heavy atom. The van der Waals surface area contributed by atoms with E-state index in [2.05, 4.69) is 31.9 Å². The van der Waals surface area contributed by atoms with E-state index >= 15 is 0 Å². The van der Waals surface area contributed by atoms with Crippen LogP contribution in [0.25, 0.3) is 0 Å². The Hall–Kier alpha value is -0.650. The monoisotopic (exact) mass is 402 g/mol. The fourth-order valence-electron chi connectivity index (χ4n) is 1.77. The van der Waals surface area contributed by atoms with Crippen LogP contribution in [0, 0.1) is 13.8 Å². The Balaban J connectivity index is 2.65. The van der Waals surface area contributed by atoms with Gasteiger partial charge >= 0.3 is 0 Å². The van der Waals surface area contributed by atoms with E-state index in [1.54, 1.807) is 36.4 Å². The van der Waals surface area contributed by atoms with Gasteiger partial charge in [-0.05, 0) is 81.1 Å². The van der Waals surface area contributed by atoms with Gasteiger partial charge in [-0.15, -0.1) is 0 Å². The van der Waals surface area contributed by atoms with Crippen molar-refractivity contribution in [2.75, 3.05) is 0 Å². The standard InChI is InChI=1S/C14H12Br2O2S/c1-9-3-5-13(11(15)7-9)19(17,18)14-6-4-10(2)8-12(14)16/h3-8H,1-2H3. The van der Waals surface area contributed by atoms with Crippen molar-refractivity contribution in [3.8, 4) is 0 Å². The molecule has 19 heavy (non-hydrogen) atoms. The first-order valence-corrected chi connectivity index (χ1v) is 8.66. The Kier molecular flexibility index (Phi) is 4.18. The van der Waals surface area contributed by atoms with Crippen LogP contribution in [0.3, 0.4) is 0 Å². The van der Waals surface area contributed by atoms with E-state index in [1.165, 1.54) is 0 Å². The van der Waals surface area contributed by atoms with Gasteiger partial charge in [0.25, 0.3) is 0 Å². The van der Waals surface area contributed by atoms with Crippen molar-refractivity contribution in [3.05, 3.63) is 56.5 Å². The molecule has 0 amide bonds. The third-order valence-electron chi connectivity index (χ3n) is 2.75. The first-order chi connectivity index (χ1) is 8.82. The van der Waals surface area contributed by atoms with Crippen LogP contribution in [-0.4, -0.2) is 8.42 Å². The van der Waals surface area contributed by atoms with E-state index < -0.39 is 9.84 Å². The lowest BCUT2D eigenvalue weighted by atomic mass is 10.2. The number of benzene rings is 2. The molecule has 100 valence electrons. The number of aryl methyl sites for hydroxylation is 2. The summed E-state index contributed by atoms with van der Waals surface area (Å²) in [5.41, 5.74) is 2.02. The van der Waals surface area contributed by atoms with E-state index in [0.717, 1.165) is 11.1 Å². The van der Waals surface area contributed by atoms with Gasteiger partial charge in [0.1, 0.15) is 0 Å². The molecule has 0 fully saturated rings. The van der Waals surface area contributed by atoms with Gasteiger partial charge in [0.2, 0.25) is 9.84 Å². The minimum Gasteiger partial charge on any atom is -0.218 e. The molecule has 2 nitrogen and oxygen atoms in total. The van der Waals surface area contributed by atoms with Gasteiger partial charge in [0.15, 0.2) is 0 Å². The number of hydrogen-bond acceptors (Lipinski definition) is 2. The highest BCUT2D eigenvalue weighted by molar-refractivity contribution is 9.10. The Morgan fingerprint density at radius 2 is 1.16 bits per heavy atom. The maximum absolute atomic E-state index is 12.6. The van der Waals surface area contributed by atoms with E-state index in [9.17, 15) is 8.42 Å². The third-order valence-corrected chi connectivity index (χ3v) is 6.46. The minimum absolute atomic E-state index is 0.280. The molecular formula is C14H12Br2O2S. The number of sulfone groups is 1. The molecule has 0 aromatic heterocycles. The summed E-state index contributed by atoms with van der Waals surface area (Å²) in [4.78, 5) is 0.560. The Labute approximate surface area is 130 Å². The molecule has 2 rings (SSSR count). The molecule has 2 aromatic rings. The van der Waals surface area contributed by atoms with E-state index in [4.69, 9.17) is 0 Å². The molecule has 0 heterocycles. The van der Waals surface area contributed by atoms with E-state index in [-0.39, 0.29) is 9.79 Å². The van der Waals surface area contributed by atoms with Crippen molar-refractivity contribution in [1.82, 2.24) is 0 Å². The van der Waals surface area contributed by atoms with Gasteiger partial charge < -0.3 is 0 Å². The van der Waals surface area contributed by atoms with Gasteiger partial charge in [0.05, 0.1) is 9.79 Å². The highest BCUT2D eigenvalue weighted by Crippen LogP contribution is 2.32. The second kappa shape index (κ2) is 5.38. The van der Waals surface area contributed by atoms with Crippen molar-refractivity contribution >= 4 is 41.7 Å². The number of halogens is 2. The van der Waals surface area contributed by atoms with Crippen LogP contribution >= 0.6 is 31.9 Å². The summed E-state index contributed by atoms with van der Waals surface area (Å²) in [6.07, 6.45) is 0. The summed E-state index contributed by atoms with van der Waals surface area (Å²) in [6, 6.07) is 10.4. The summed E-state index contributed by atoms with van der Waals surface area (Å²) in [5.74, 6) is 0. The second-order valence-electron chi connectivity index (χ2n) is 4.37. The topological polar surface area (TPSA) is 34.1 Å². The van der Waals surface area contributed by atoms with Gasteiger partial charge in [-0.2, -0.15) is 0 Å². The quantitative estimate of drug-likeness (QED) is 0.730. The van der Waals surface area contributed by atoms with Crippen LogP contribution in [0.4, 0.5) is 0 Å². The molecule has 0 saturated carbocycles. The summed E-state index contributed by atoms with van der Waals surface area (Å²) in [5, 5.41) is 0. The molecule has 0 atom stereocenters. The van der Waals surface area contributed by atoms with Crippen molar-refractivity contribution in [1.29, 1.82) is 0 Å². The maximum atomic E-state index is 12.6. The van der Waals surface area contributed by atoms with Gasteiger partial charge in [-0.25, -0.2) is 8.42 Å². The van der Waals surface area contributed by atoms with Crippen LogP contribution in [0.5, 0.6) is 0 Å². The molecule has 0 radical (unpaired) electrons. The zero-order chi connectivity index (χ0) is 14.2. The number of hydrogen-bond donors (Lipinski definition) is 0. The van der Waals surface area contributed by atoms with Crippen molar-refractivity contribution < 1.29 is 8.42 Å². The van der Waals surface area contributed by atoms with Crippen LogP contribution in [-0.2, 0) is 9.84 Å². The van der Waals surface area contributed by atoms with Crippen LogP contribution in [0.15, 0.2) is 55.1 Å². The average Bonchev–Trinajstić information content (AvgIpc) is 2.27. The van der Waals surface area contributed by atoms with E-state index in [0.29, 0.717) is 8.95 Å². The summed E-state index contributed by atoms with van der Waals surface area (Å²) in [6.45, 7) is 3.84. The maximum Gasteiger partial charge on any atom is 0.208 e. The smallest absolute Gasteiger partial charge is 0.208 e. The SMILES string of the molecule is Cc1ccc(S(=O)(=O)c2ccc(C)cc2Br)c(Br)c1. The predicted molar refractivity (Wildman–Crippen MR) is 83.2 cm³/mol. The molecule has 0 aliphatic rings. The predicted octanol–water partition coefficient (Wildman–Crippen LogP) is 4.66. The zero-order valence-electron chi connectivity index (χ0n) is 10.4. The van der Waals surface area contributed by atoms with Crippen molar-refractivity contribution in [2.24, 2.45) is 0 Å². The second-order valence-corrected chi connectivity index (χ2v) is 7.97. The van der Waals surface area contributed by atoms with Gasteiger partial charge in [-0.3, -0.25) is 0 Å². The molecular weight excluding hydrogens is 392 g/mol. The van der Waals surface area contributed by atoms with Crippen LogP contribution < -0.4 is 0 Å². The first kappa shape index (κ1) is 14.8. The zero-order valence-corrected chi connectivity index (χ0v) is 14.4. The molecule has 5 heteroatoms. The highest BCUT2D eigenvalue weighted by atomic mass is 79.9. The number of rotatable bonds is 2. The summed E-state index contributed by atoms with van der Waals surface area (Å²) >= 11 is 6.65. The Morgan fingerprint density at radius 1 is 0.789 bits per heavy atom. The first-order valence-electron chi connectivity index (χ1n) is 5.60. The van der Waals surface area contributed by atoms with Gasteiger partial charge in [0, 0.05) is 8.95 Å². The van der Waals surface area contributed by atoms with Crippen molar-refractivity contribution in [3.63, 3.8) is 0 Å². The summed E-state index contributed by atoms with van der Waals surface area (Å²) < 4.78 is 26.4. The molecule has 0 aliphatic heterocycles. The van der Waals surface area contributed by atoms with Crippen molar-refractivity contribution in [2.45, 2.75) is 23.6 Å². The molecule has 0 N–H and O–H groups in total. The van der Waals surface area contributed by atoms with Crippen LogP contribution in [0.2, 0.25) is 0 Å². The normalized spacial score (nSPS) is 11.6. The Bertz CT molecular complexity index is 680. The lowest BCUT2D eigenvalue weighted by molar-refractivity contribution is 0.595. The molecule has 0 saturated heterocycles.